The molecule has 152 valence electrons. The molecule has 0 unspecified atom stereocenters. The quantitative estimate of drug-likeness (QED) is 0.536. The first kappa shape index (κ1) is 19.8. The number of rotatable bonds is 7. The second-order valence-corrected chi connectivity index (χ2v) is 7.73. The van der Waals surface area contributed by atoms with Crippen molar-refractivity contribution in [3.05, 3.63) is 78.9 Å². The monoisotopic (exact) mass is 418 g/mol. The van der Waals surface area contributed by atoms with Crippen LogP contribution in [0.1, 0.15) is 0 Å². The SMILES string of the molecule is O=C(COc1ccccc1)Nc1ccc(Sc2ccc(NC3=NCCN3)cc2)cc1. The summed E-state index contributed by atoms with van der Waals surface area (Å²) in [6.07, 6.45) is 0. The van der Waals surface area contributed by atoms with Gasteiger partial charge in [0.25, 0.3) is 5.91 Å². The zero-order chi connectivity index (χ0) is 20.6. The standard InChI is InChI=1S/C23H22N4O2S/c28-22(16-29-19-4-2-1-3-5-19)26-17-6-10-20(11-7-17)30-21-12-8-18(9-13-21)27-23-24-14-15-25-23/h1-13H,14-16H2,(H,26,28)(H2,24,25,27). The summed E-state index contributed by atoms with van der Waals surface area (Å²) in [5.41, 5.74) is 1.74. The van der Waals surface area contributed by atoms with Crippen molar-refractivity contribution in [2.75, 3.05) is 30.3 Å². The number of carbonyl (C=O) groups excluding carboxylic acids is 1. The number of aliphatic imine (C=N–C) groups is 1. The Morgan fingerprint density at radius 1 is 0.933 bits per heavy atom. The Morgan fingerprint density at radius 3 is 2.23 bits per heavy atom. The molecular weight excluding hydrogens is 396 g/mol. The van der Waals surface area contributed by atoms with E-state index in [1.165, 1.54) is 0 Å². The summed E-state index contributed by atoms with van der Waals surface area (Å²) < 4.78 is 5.46. The van der Waals surface area contributed by atoms with Gasteiger partial charge >= 0.3 is 0 Å². The molecule has 0 fully saturated rings. The molecule has 30 heavy (non-hydrogen) atoms. The maximum Gasteiger partial charge on any atom is 0.262 e. The van der Waals surface area contributed by atoms with E-state index in [-0.39, 0.29) is 12.5 Å². The highest BCUT2D eigenvalue weighted by Crippen LogP contribution is 2.29. The normalized spacial score (nSPS) is 12.6. The predicted octanol–water partition coefficient (Wildman–Crippen LogP) is 4.23. The zero-order valence-corrected chi connectivity index (χ0v) is 17.1. The average molecular weight is 419 g/mol. The number of guanidine groups is 1. The molecule has 0 saturated carbocycles. The Bertz CT molecular complexity index is 1010. The molecule has 0 aliphatic carbocycles. The summed E-state index contributed by atoms with van der Waals surface area (Å²) in [4.78, 5) is 18.6. The van der Waals surface area contributed by atoms with Crippen LogP contribution in [0.15, 0.2) is 93.6 Å². The number of para-hydroxylation sites is 1. The van der Waals surface area contributed by atoms with Crippen molar-refractivity contribution in [1.29, 1.82) is 0 Å². The van der Waals surface area contributed by atoms with Gasteiger partial charge < -0.3 is 20.7 Å². The second-order valence-electron chi connectivity index (χ2n) is 6.58. The molecule has 3 aromatic rings. The number of nitrogens with one attached hydrogen (secondary N) is 3. The lowest BCUT2D eigenvalue weighted by atomic mass is 10.3. The Labute approximate surface area is 179 Å². The van der Waals surface area contributed by atoms with Gasteiger partial charge in [0.1, 0.15) is 5.75 Å². The van der Waals surface area contributed by atoms with Crippen LogP contribution in [0.2, 0.25) is 0 Å². The smallest absolute Gasteiger partial charge is 0.262 e. The number of hydrogen-bond acceptors (Lipinski definition) is 6. The molecule has 3 N–H and O–H groups in total. The number of hydrogen-bond donors (Lipinski definition) is 3. The highest BCUT2D eigenvalue weighted by atomic mass is 32.2. The highest BCUT2D eigenvalue weighted by Gasteiger charge is 2.06. The average Bonchev–Trinajstić information content (AvgIpc) is 3.29. The molecule has 0 bridgehead atoms. The predicted molar refractivity (Wildman–Crippen MR) is 122 cm³/mol. The summed E-state index contributed by atoms with van der Waals surface area (Å²) in [6.45, 7) is 1.67. The van der Waals surface area contributed by atoms with E-state index in [9.17, 15) is 4.79 Å². The number of carbonyl (C=O) groups is 1. The van der Waals surface area contributed by atoms with Crippen LogP contribution in [-0.2, 0) is 4.79 Å². The molecule has 1 aliphatic heterocycles. The van der Waals surface area contributed by atoms with Crippen LogP contribution in [0.25, 0.3) is 0 Å². The molecule has 0 atom stereocenters. The van der Waals surface area contributed by atoms with Crippen molar-refractivity contribution < 1.29 is 9.53 Å². The maximum absolute atomic E-state index is 12.1. The Hall–Kier alpha value is -3.45. The summed E-state index contributed by atoms with van der Waals surface area (Å²) in [6, 6.07) is 25.3. The number of nitrogens with zero attached hydrogens (tertiary/aromatic N) is 1. The van der Waals surface area contributed by atoms with E-state index in [1.807, 2.05) is 66.7 Å². The first-order chi connectivity index (χ1) is 14.7. The topological polar surface area (TPSA) is 74.8 Å². The van der Waals surface area contributed by atoms with Crippen LogP contribution >= 0.6 is 11.8 Å². The molecule has 0 aromatic heterocycles. The zero-order valence-electron chi connectivity index (χ0n) is 16.3. The van der Waals surface area contributed by atoms with Crippen molar-refractivity contribution in [3.8, 4) is 5.75 Å². The summed E-state index contributed by atoms with van der Waals surface area (Å²) in [7, 11) is 0. The van der Waals surface area contributed by atoms with Crippen molar-refractivity contribution in [3.63, 3.8) is 0 Å². The fourth-order valence-corrected chi connectivity index (χ4v) is 3.65. The lowest BCUT2D eigenvalue weighted by Gasteiger charge is -2.09. The highest BCUT2D eigenvalue weighted by molar-refractivity contribution is 7.99. The van der Waals surface area contributed by atoms with Gasteiger partial charge in [0.2, 0.25) is 0 Å². The lowest BCUT2D eigenvalue weighted by Crippen LogP contribution is -2.26. The van der Waals surface area contributed by atoms with Crippen LogP contribution < -0.4 is 20.7 Å². The largest absolute Gasteiger partial charge is 0.484 e. The lowest BCUT2D eigenvalue weighted by molar-refractivity contribution is -0.118. The van der Waals surface area contributed by atoms with Crippen molar-refractivity contribution in [2.24, 2.45) is 4.99 Å². The minimum Gasteiger partial charge on any atom is -0.484 e. The molecule has 3 aromatic carbocycles. The second kappa shape index (κ2) is 9.84. The van der Waals surface area contributed by atoms with E-state index in [0.717, 1.165) is 40.2 Å². The summed E-state index contributed by atoms with van der Waals surface area (Å²) in [5.74, 6) is 1.30. The first-order valence-corrected chi connectivity index (χ1v) is 10.5. The molecule has 0 radical (unpaired) electrons. The Morgan fingerprint density at radius 2 is 1.60 bits per heavy atom. The van der Waals surface area contributed by atoms with Gasteiger partial charge in [-0.2, -0.15) is 0 Å². The van der Waals surface area contributed by atoms with Crippen molar-refractivity contribution >= 4 is 35.0 Å². The molecule has 4 rings (SSSR count). The van der Waals surface area contributed by atoms with Crippen LogP contribution in [0.4, 0.5) is 11.4 Å². The number of anilines is 2. The van der Waals surface area contributed by atoms with Gasteiger partial charge in [0.05, 0.1) is 6.54 Å². The molecule has 1 heterocycles. The van der Waals surface area contributed by atoms with Crippen molar-refractivity contribution in [1.82, 2.24) is 5.32 Å². The molecule has 7 heteroatoms. The van der Waals surface area contributed by atoms with Gasteiger partial charge in [-0.15, -0.1) is 0 Å². The van der Waals surface area contributed by atoms with Crippen LogP contribution in [0.3, 0.4) is 0 Å². The fraction of sp³-hybridized carbons (Fsp3) is 0.130. The van der Waals surface area contributed by atoms with Gasteiger partial charge in [-0.1, -0.05) is 30.0 Å². The van der Waals surface area contributed by atoms with Crippen LogP contribution in [0.5, 0.6) is 5.75 Å². The maximum atomic E-state index is 12.1. The molecule has 1 aliphatic rings. The van der Waals surface area contributed by atoms with Crippen LogP contribution in [-0.4, -0.2) is 31.6 Å². The van der Waals surface area contributed by atoms with Gasteiger partial charge in [-0.05, 0) is 60.7 Å². The van der Waals surface area contributed by atoms with E-state index in [0.29, 0.717) is 5.75 Å². The van der Waals surface area contributed by atoms with E-state index < -0.39 is 0 Å². The third-order valence-electron chi connectivity index (χ3n) is 4.28. The third kappa shape index (κ3) is 5.78. The third-order valence-corrected chi connectivity index (χ3v) is 5.29. The molecule has 1 amide bonds. The molecule has 0 spiro atoms. The van der Waals surface area contributed by atoms with E-state index in [2.05, 4.69) is 33.1 Å². The number of amides is 1. The van der Waals surface area contributed by atoms with E-state index in [4.69, 9.17) is 4.74 Å². The molecule has 0 saturated heterocycles. The number of benzene rings is 3. The molecule has 6 nitrogen and oxygen atoms in total. The van der Waals surface area contributed by atoms with Gasteiger partial charge in [-0.25, -0.2) is 0 Å². The van der Waals surface area contributed by atoms with Crippen molar-refractivity contribution in [2.45, 2.75) is 9.79 Å². The van der Waals surface area contributed by atoms with Gasteiger partial charge in [0.15, 0.2) is 12.6 Å². The van der Waals surface area contributed by atoms with E-state index in [1.54, 1.807) is 11.8 Å². The minimum atomic E-state index is -0.191. The fourth-order valence-electron chi connectivity index (χ4n) is 2.83. The Balaban J connectivity index is 1.26. The first-order valence-electron chi connectivity index (χ1n) is 9.66. The van der Waals surface area contributed by atoms with E-state index >= 15 is 0 Å². The minimum absolute atomic E-state index is 0.0250. The molecular formula is C23H22N4O2S. The van der Waals surface area contributed by atoms with Crippen LogP contribution in [0, 0.1) is 0 Å². The summed E-state index contributed by atoms with van der Waals surface area (Å²) in [5, 5.41) is 9.29. The summed E-state index contributed by atoms with van der Waals surface area (Å²) >= 11 is 1.66. The number of ether oxygens (including phenoxy) is 1. The van der Waals surface area contributed by atoms with Gasteiger partial charge in [0, 0.05) is 27.7 Å². The van der Waals surface area contributed by atoms with Gasteiger partial charge in [-0.3, -0.25) is 9.79 Å². The Kier molecular flexibility index (Phi) is 6.51.